The van der Waals surface area contributed by atoms with Gasteiger partial charge in [-0.3, -0.25) is 9.78 Å². The van der Waals surface area contributed by atoms with Crippen molar-refractivity contribution in [1.29, 1.82) is 0 Å². The van der Waals surface area contributed by atoms with Gasteiger partial charge in [-0.05, 0) is 72.6 Å². The van der Waals surface area contributed by atoms with Crippen LogP contribution in [0.25, 0.3) is 11.3 Å². The van der Waals surface area contributed by atoms with E-state index in [4.69, 9.17) is 5.73 Å². The average Bonchev–Trinajstić information content (AvgIpc) is 2.80. The van der Waals surface area contributed by atoms with Crippen molar-refractivity contribution in [1.82, 2.24) is 9.97 Å². The third-order valence-electron chi connectivity index (χ3n) is 6.29. The molecule has 0 unspecified atom stereocenters. The van der Waals surface area contributed by atoms with Crippen LogP contribution in [0.15, 0.2) is 48.8 Å². The number of hydrogen-bond donors (Lipinski definition) is 1. The number of nitrogens with two attached hydrogens (primary N) is 1. The summed E-state index contributed by atoms with van der Waals surface area (Å²) in [5.41, 5.74) is 8.63. The number of ketones is 1. The van der Waals surface area contributed by atoms with Crippen LogP contribution in [0.1, 0.15) is 65.7 Å². The molecule has 1 aliphatic rings. The van der Waals surface area contributed by atoms with Crippen LogP contribution in [0.5, 0.6) is 0 Å². The van der Waals surface area contributed by atoms with Gasteiger partial charge >= 0.3 is 0 Å². The molecule has 2 aromatic heterocycles. The van der Waals surface area contributed by atoms with Gasteiger partial charge in [0.1, 0.15) is 17.3 Å². The molecule has 32 heavy (non-hydrogen) atoms. The molecule has 3 aromatic rings. The first-order valence-electron chi connectivity index (χ1n) is 11.1. The number of rotatable bonds is 6. The first-order chi connectivity index (χ1) is 15.5. The van der Waals surface area contributed by atoms with E-state index < -0.39 is 11.6 Å². The van der Waals surface area contributed by atoms with Gasteiger partial charge in [0.2, 0.25) is 0 Å². The van der Waals surface area contributed by atoms with E-state index in [1.54, 1.807) is 31.5 Å². The molecule has 0 saturated heterocycles. The van der Waals surface area contributed by atoms with Gasteiger partial charge in [-0.25, -0.2) is 13.8 Å². The van der Waals surface area contributed by atoms with E-state index in [0.29, 0.717) is 17.9 Å². The summed E-state index contributed by atoms with van der Waals surface area (Å²) in [7, 11) is 0. The monoisotopic (exact) mass is 435 g/mol. The van der Waals surface area contributed by atoms with Gasteiger partial charge in [0, 0.05) is 24.9 Å². The quantitative estimate of drug-likeness (QED) is 0.527. The fraction of sp³-hybridized carbons (Fsp3) is 0.346. The topological polar surface area (TPSA) is 68.9 Å². The highest BCUT2D eigenvalue weighted by atomic mass is 19.1. The summed E-state index contributed by atoms with van der Waals surface area (Å²) >= 11 is 0. The Morgan fingerprint density at radius 1 is 1.12 bits per heavy atom. The highest BCUT2D eigenvalue weighted by molar-refractivity contribution is 5.96. The molecule has 0 radical (unpaired) electrons. The highest BCUT2D eigenvalue weighted by Crippen LogP contribution is 2.34. The maximum Gasteiger partial charge on any atom is 0.185 e. The van der Waals surface area contributed by atoms with Crippen molar-refractivity contribution in [2.75, 3.05) is 0 Å². The minimum absolute atomic E-state index is 0.116. The summed E-state index contributed by atoms with van der Waals surface area (Å²) in [5, 5.41) is 0. The van der Waals surface area contributed by atoms with E-state index in [2.05, 4.69) is 9.97 Å². The minimum atomic E-state index is -0.694. The summed E-state index contributed by atoms with van der Waals surface area (Å²) in [6.07, 6.45) is 8.07. The largest absolute Gasteiger partial charge is 0.328 e. The van der Waals surface area contributed by atoms with Gasteiger partial charge in [0.25, 0.3) is 0 Å². The standard InChI is InChI=1S/C26H27F2N3O/c1-2-16-9-10-21(27)25(26(16)28)23-8-4-7-22(31-23)24(32)14-18-15-30-12-11-20(18)17-5-3-6-19(29)13-17/h4,7-12,15,17,19H,2-3,5-6,13-14,29H2,1H3/t17-,19+/m1/s1. The van der Waals surface area contributed by atoms with Crippen molar-refractivity contribution in [3.63, 3.8) is 0 Å². The number of aryl methyl sites for hydroxylation is 1. The summed E-state index contributed by atoms with van der Waals surface area (Å²) < 4.78 is 29.2. The second-order valence-corrected chi connectivity index (χ2v) is 8.46. The molecule has 0 aliphatic heterocycles. The lowest BCUT2D eigenvalue weighted by atomic mass is 9.80. The third-order valence-corrected chi connectivity index (χ3v) is 6.29. The van der Waals surface area contributed by atoms with Crippen LogP contribution < -0.4 is 5.73 Å². The number of carbonyl (C=O) groups excluding carboxylic acids is 1. The predicted molar refractivity (Wildman–Crippen MR) is 120 cm³/mol. The molecule has 1 fully saturated rings. The molecule has 0 bridgehead atoms. The fourth-order valence-corrected chi connectivity index (χ4v) is 4.59. The second kappa shape index (κ2) is 9.65. The van der Waals surface area contributed by atoms with E-state index >= 15 is 0 Å². The Bertz CT molecular complexity index is 1130. The van der Waals surface area contributed by atoms with Crippen LogP contribution in [0.3, 0.4) is 0 Å². The number of halogens is 2. The number of aromatic nitrogens is 2. The van der Waals surface area contributed by atoms with Crippen molar-refractivity contribution in [2.24, 2.45) is 5.73 Å². The van der Waals surface area contributed by atoms with Crippen molar-refractivity contribution in [3.8, 4) is 11.3 Å². The SMILES string of the molecule is CCc1ccc(F)c(-c2cccc(C(=O)Cc3cnccc3[C@@H]3CCC[C@H](N)C3)n2)c1F. The lowest BCUT2D eigenvalue weighted by Crippen LogP contribution is -2.27. The fourth-order valence-electron chi connectivity index (χ4n) is 4.59. The molecule has 4 rings (SSSR count). The van der Waals surface area contributed by atoms with E-state index in [-0.39, 0.29) is 35.2 Å². The predicted octanol–water partition coefficient (Wildman–Crippen LogP) is 5.39. The Labute approximate surface area is 186 Å². The Hall–Kier alpha value is -2.99. The molecule has 0 amide bonds. The van der Waals surface area contributed by atoms with E-state index in [1.807, 2.05) is 6.07 Å². The van der Waals surface area contributed by atoms with Gasteiger partial charge in [0.05, 0.1) is 11.3 Å². The molecule has 2 atom stereocenters. The highest BCUT2D eigenvalue weighted by Gasteiger charge is 2.24. The van der Waals surface area contributed by atoms with Gasteiger partial charge in [0.15, 0.2) is 5.78 Å². The van der Waals surface area contributed by atoms with Crippen LogP contribution in [-0.4, -0.2) is 21.8 Å². The molecular formula is C26H27F2N3O. The lowest BCUT2D eigenvalue weighted by molar-refractivity contribution is 0.0988. The zero-order valence-electron chi connectivity index (χ0n) is 18.2. The zero-order chi connectivity index (χ0) is 22.7. The van der Waals surface area contributed by atoms with Crippen molar-refractivity contribution in [3.05, 3.63) is 82.8 Å². The number of carbonyl (C=O) groups is 1. The Morgan fingerprint density at radius 3 is 2.75 bits per heavy atom. The second-order valence-electron chi connectivity index (χ2n) is 8.46. The molecule has 1 aromatic carbocycles. The number of hydrogen-bond acceptors (Lipinski definition) is 4. The molecule has 0 spiro atoms. The minimum Gasteiger partial charge on any atom is -0.328 e. The van der Waals surface area contributed by atoms with Gasteiger partial charge in [-0.15, -0.1) is 0 Å². The number of nitrogens with zero attached hydrogens (tertiary/aromatic N) is 2. The summed E-state index contributed by atoms with van der Waals surface area (Å²) in [4.78, 5) is 21.6. The molecule has 4 nitrogen and oxygen atoms in total. The van der Waals surface area contributed by atoms with Crippen molar-refractivity contribution >= 4 is 5.78 Å². The first-order valence-corrected chi connectivity index (χ1v) is 11.1. The maximum atomic E-state index is 14.8. The number of Topliss-reactive ketones (excluding diaryl/α,β-unsaturated/α-hetero) is 1. The molecular weight excluding hydrogens is 408 g/mol. The van der Waals surface area contributed by atoms with Gasteiger partial charge in [-0.1, -0.05) is 25.5 Å². The zero-order valence-corrected chi connectivity index (χ0v) is 18.2. The molecule has 1 aliphatic carbocycles. The van der Waals surface area contributed by atoms with Crippen molar-refractivity contribution in [2.45, 2.75) is 57.4 Å². The van der Waals surface area contributed by atoms with E-state index in [9.17, 15) is 13.6 Å². The smallest absolute Gasteiger partial charge is 0.185 e. The van der Waals surface area contributed by atoms with E-state index in [0.717, 1.165) is 36.8 Å². The van der Waals surface area contributed by atoms with Crippen molar-refractivity contribution < 1.29 is 13.6 Å². The Kier molecular flexibility index (Phi) is 6.70. The van der Waals surface area contributed by atoms with Crippen LogP contribution in [-0.2, 0) is 12.8 Å². The Balaban J connectivity index is 1.62. The summed E-state index contributed by atoms with van der Waals surface area (Å²) in [6.45, 7) is 1.80. The third kappa shape index (κ3) is 4.60. The number of pyridine rings is 2. The molecule has 1 saturated carbocycles. The summed E-state index contributed by atoms with van der Waals surface area (Å²) in [5.74, 6) is -1.23. The van der Waals surface area contributed by atoms with Gasteiger partial charge < -0.3 is 5.73 Å². The maximum absolute atomic E-state index is 14.8. The number of benzene rings is 1. The molecule has 6 heteroatoms. The van der Waals surface area contributed by atoms with Crippen LogP contribution >= 0.6 is 0 Å². The van der Waals surface area contributed by atoms with Crippen LogP contribution in [0.4, 0.5) is 8.78 Å². The van der Waals surface area contributed by atoms with Crippen LogP contribution in [0, 0.1) is 11.6 Å². The summed E-state index contributed by atoms with van der Waals surface area (Å²) in [6, 6.07) is 9.53. The lowest BCUT2D eigenvalue weighted by Gasteiger charge is -2.28. The van der Waals surface area contributed by atoms with Gasteiger partial charge in [-0.2, -0.15) is 0 Å². The first kappa shape index (κ1) is 22.2. The molecule has 166 valence electrons. The van der Waals surface area contributed by atoms with Crippen LogP contribution in [0.2, 0.25) is 0 Å². The molecule has 2 N–H and O–H groups in total. The average molecular weight is 436 g/mol. The Morgan fingerprint density at radius 2 is 1.97 bits per heavy atom. The molecule has 2 heterocycles. The van der Waals surface area contributed by atoms with E-state index in [1.165, 1.54) is 18.2 Å². The normalized spacial score (nSPS) is 18.5.